The fourth-order valence-corrected chi connectivity index (χ4v) is 3.63. The number of hydrogen-bond acceptors (Lipinski definition) is 2. The second kappa shape index (κ2) is 7.27. The summed E-state index contributed by atoms with van der Waals surface area (Å²) in [6, 6.07) is 10.9. The Morgan fingerprint density at radius 3 is 2.70 bits per heavy atom. The molecule has 0 aliphatic carbocycles. The van der Waals surface area contributed by atoms with E-state index in [1.807, 2.05) is 24.3 Å². The van der Waals surface area contributed by atoms with E-state index in [2.05, 4.69) is 31.9 Å². The third-order valence-electron chi connectivity index (χ3n) is 2.69. The van der Waals surface area contributed by atoms with Crippen molar-refractivity contribution in [2.75, 3.05) is 5.75 Å². The van der Waals surface area contributed by atoms with Gasteiger partial charge in [0.15, 0.2) is 0 Å². The molecule has 0 spiro atoms. The molecule has 2 aromatic rings. The van der Waals surface area contributed by atoms with E-state index in [9.17, 15) is 4.39 Å². The van der Waals surface area contributed by atoms with Gasteiger partial charge in [-0.3, -0.25) is 0 Å². The second-order valence-electron chi connectivity index (χ2n) is 4.14. The van der Waals surface area contributed by atoms with E-state index in [0.717, 1.165) is 9.37 Å². The molecule has 0 amide bonds. The van der Waals surface area contributed by atoms with Crippen LogP contribution in [0.5, 0.6) is 0 Å². The molecule has 2 N–H and O–H groups in total. The van der Waals surface area contributed by atoms with E-state index in [1.54, 1.807) is 23.9 Å². The summed E-state index contributed by atoms with van der Waals surface area (Å²) in [6.45, 7) is 0. The van der Waals surface area contributed by atoms with Crippen molar-refractivity contribution in [3.05, 3.63) is 61.7 Å². The molecule has 0 bridgehead atoms. The number of benzene rings is 2. The van der Waals surface area contributed by atoms with Crippen LogP contribution in [0, 0.1) is 5.82 Å². The second-order valence-corrected chi connectivity index (χ2v) is 7.38. The molecule has 0 aliphatic rings. The van der Waals surface area contributed by atoms with Crippen molar-refractivity contribution in [3.8, 4) is 0 Å². The van der Waals surface area contributed by atoms with E-state index in [4.69, 9.17) is 17.3 Å². The fraction of sp³-hybridized carbons (Fsp3) is 0.143. The van der Waals surface area contributed by atoms with E-state index in [1.165, 1.54) is 0 Å². The molecule has 106 valence electrons. The molecule has 0 heterocycles. The number of halogens is 4. The first-order valence-electron chi connectivity index (χ1n) is 5.76. The Bertz CT molecular complexity index is 624. The summed E-state index contributed by atoms with van der Waals surface area (Å²) < 4.78 is 15.6. The van der Waals surface area contributed by atoms with Gasteiger partial charge in [0.05, 0.1) is 5.02 Å². The molecule has 20 heavy (non-hydrogen) atoms. The van der Waals surface area contributed by atoms with Crippen LogP contribution in [0.3, 0.4) is 0 Å². The lowest BCUT2D eigenvalue weighted by Gasteiger charge is -2.14. The Morgan fingerprint density at radius 1 is 1.25 bits per heavy atom. The summed E-state index contributed by atoms with van der Waals surface area (Å²) in [7, 11) is 0. The van der Waals surface area contributed by atoms with Crippen LogP contribution < -0.4 is 5.73 Å². The van der Waals surface area contributed by atoms with Crippen molar-refractivity contribution in [1.29, 1.82) is 0 Å². The number of hydrogen-bond donors (Lipinski definition) is 1. The normalized spacial score (nSPS) is 12.4. The summed E-state index contributed by atoms with van der Waals surface area (Å²) in [5.74, 6) is 0.120. The molecule has 1 unspecified atom stereocenters. The molecule has 2 aromatic carbocycles. The standard InChI is InChI=1S/C14H11Br2ClFNS/c15-8-2-1-3-9(6-8)20-7-12(19)10-4-5-11(16)13(17)14(10)18/h1-6,12H,7,19H2. The van der Waals surface area contributed by atoms with Crippen molar-refractivity contribution in [2.24, 2.45) is 5.73 Å². The minimum absolute atomic E-state index is 0.0744. The predicted molar refractivity (Wildman–Crippen MR) is 90.9 cm³/mol. The first-order valence-corrected chi connectivity index (χ1v) is 8.71. The lowest BCUT2D eigenvalue weighted by atomic mass is 10.1. The maximum Gasteiger partial charge on any atom is 0.147 e. The van der Waals surface area contributed by atoms with E-state index >= 15 is 0 Å². The SMILES string of the molecule is NC(CSc1cccc(Br)c1)c1ccc(Br)c(Cl)c1F. The predicted octanol–water partition coefficient (Wildman–Crippen LogP) is 5.80. The monoisotopic (exact) mass is 437 g/mol. The smallest absolute Gasteiger partial charge is 0.147 e. The summed E-state index contributed by atoms with van der Waals surface area (Å²) in [4.78, 5) is 1.08. The number of thioether (sulfide) groups is 1. The highest BCUT2D eigenvalue weighted by atomic mass is 79.9. The molecule has 1 atom stereocenters. The van der Waals surface area contributed by atoms with Crippen LogP contribution in [0.1, 0.15) is 11.6 Å². The summed E-state index contributed by atoms with van der Waals surface area (Å²) in [5.41, 5.74) is 6.49. The molecule has 0 radical (unpaired) electrons. The first-order chi connectivity index (χ1) is 9.49. The molecule has 0 saturated carbocycles. The molecule has 0 aromatic heterocycles. The average molecular weight is 440 g/mol. The lowest BCUT2D eigenvalue weighted by molar-refractivity contribution is 0.595. The lowest BCUT2D eigenvalue weighted by Crippen LogP contribution is -2.15. The Morgan fingerprint density at radius 2 is 2.00 bits per heavy atom. The zero-order valence-electron chi connectivity index (χ0n) is 10.2. The Labute approximate surface area is 143 Å². The zero-order valence-corrected chi connectivity index (χ0v) is 15.0. The van der Waals surface area contributed by atoms with Gasteiger partial charge in [-0.1, -0.05) is 39.7 Å². The first kappa shape index (κ1) is 16.3. The summed E-state index contributed by atoms with van der Waals surface area (Å²) >= 11 is 14.1. The highest BCUT2D eigenvalue weighted by Gasteiger charge is 2.16. The van der Waals surface area contributed by atoms with Crippen LogP contribution in [-0.4, -0.2) is 5.75 Å². The van der Waals surface area contributed by atoms with E-state index in [-0.39, 0.29) is 5.02 Å². The highest BCUT2D eigenvalue weighted by molar-refractivity contribution is 9.10. The van der Waals surface area contributed by atoms with Gasteiger partial charge in [0.25, 0.3) is 0 Å². The van der Waals surface area contributed by atoms with E-state index < -0.39 is 11.9 Å². The van der Waals surface area contributed by atoms with Gasteiger partial charge in [0, 0.05) is 31.2 Å². The largest absolute Gasteiger partial charge is 0.323 e. The minimum Gasteiger partial charge on any atom is -0.323 e. The van der Waals surface area contributed by atoms with Crippen molar-refractivity contribution >= 4 is 55.2 Å². The van der Waals surface area contributed by atoms with E-state index in [0.29, 0.717) is 15.8 Å². The van der Waals surface area contributed by atoms with Gasteiger partial charge in [-0.05, 0) is 40.2 Å². The molecule has 2 rings (SSSR count). The van der Waals surface area contributed by atoms with Crippen LogP contribution in [0.15, 0.2) is 50.2 Å². The van der Waals surface area contributed by atoms with Crippen molar-refractivity contribution in [3.63, 3.8) is 0 Å². The highest BCUT2D eigenvalue weighted by Crippen LogP contribution is 2.32. The van der Waals surface area contributed by atoms with Gasteiger partial charge < -0.3 is 5.73 Å². The van der Waals surface area contributed by atoms with Gasteiger partial charge in [0.1, 0.15) is 5.82 Å². The van der Waals surface area contributed by atoms with Crippen molar-refractivity contribution in [1.82, 2.24) is 0 Å². The fourth-order valence-electron chi connectivity index (χ4n) is 1.66. The maximum absolute atomic E-state index is 14.0. The number of nitrogens with two attached hydrogens (primary N) is 1. The Hall–Kier alpha value is -0.0700. The van der Waals surface area contributed by atoms with Crippen LogP contribution in [0.4, 0.5) is 4.39 Å². The molecular formula is C14H11Br2ClFNS. The van der Waals surface area contributed by atoms with Gasteiger partial charge >= 0.3 is 0 Å². The molecule has 6 heteroatoms. The van der Waals surface area contributed by atoms with Gasteiger partial charge in [-0.25, -0.2) is 4.39 Å². The topological polar surface area (TPSA) is 26.0 Å². The van der Waals surface area contributed by atoms with Crippen LogP contribution >= 0.6 is 55.2 Å². The molecular weight excluding hydrogens is 428 g/mol. The quantitative estimate of drug-likeness (QED) is 0.482. The average Bonchev–Trinajstić information content (AvgIpc) is 2.42. The van der Waals surface area contributed by atoms with Gasteiger partial charge in [0.2, 0.25) is 0 Å². The van der Waals surface area contributed by atoms with Gasteiger partial charge in [-0.15, -0.1) is 11.8 Å². The van der Waals surface area contributed by atoms with Crippen LogP contribution in [-0.2, 0) is 0 Å². The van der Waals surface area contributed by atoms with Crippen molar-refractivity contribution in [2.45, 2.75) is 10.9 Å². The third kappa shape index (κ3) is 3.98. The van der Waals surface area contributed by atoms with Gasteiger partial charge in [-0.2, -0.15) is 0 Å². The molecule has 0 aliphatic heterocycles. The van der Waals surface area contributed by atoms with Crippen LogP contribution in [0.2, 0.25) is 5.02 Å². The molecule has 0 fully saturated rings. The maximum atomic E-state index is 14.0. The molecule has 1 nitrogen and oxygen atoms in total. The third-order valence-corrected chi connectivity index (χ3v) is 5.56. The Kier molecular flexibility index (Phi) is 5.93. The molecule has 0 saturated heterocycles. The Balaban J connectivity index is 2.09. The summed E-state index contributed by atoms with van der Waals surface area (Å²) in [6.07, 6.45) is 0. The summed E-state index contributed by atoms with van der Waals surface area (Å²) in [5, 5.41) is 0.0744. The minimum atomic E-state index is -0.455. The van der Waals surface area contributed by atoms with Crippen molar-refractivity contribution < 1.29 is 4.39 Å². The van der Waals surface area contributed by atoms with Crippen LogP contribution in [0.25, 0.3) is 0 Å². The number of rotatable bonds is 4. The zero-order chi connectivity index (χ0) is 14.7.